The Morgan fingerprint density at radius 1 is 1.18 bits per heavy atom. The van der Waals surface area contributed by atoms with Gasteiger partial charge < -0.3 is 4.57 Å². The summed E-state index contributed by atoms with van der Waals surface area (Å²) < 4.78 is 1.90. The third-order valence-corrected chi connectivity index (χ3v) is 4.87. The molecule has 0 amide bonds. The van der Waals surface area contributed by atoms with Crippen LogP contribution in [-0.2, 0) is 12.5 Å². The van der Waals surface area contributed by atoms with Gasteiger partial charge >= 0.3 is 0 Å². The SMILES string of the molecule is Cc1nnc(S[C@@H](C)C(=O)c2ccc(C(C)(C)C)cc2)n1C. The van der Waals surface area contributed by atoms with Crippen LogP contribution in [-0.4, -0.2) is 25.8 Å². The van der Waals surface area contributed by atoms with Crippen LogP contribution in [0.4, 0.5) is 0 Å². The second kappa shape index (κ2) is 6.24. The van der Waals surface area contributed by atoms with Crippen LogP contribution in [0, 0.1) is 6.92 Å². The zero-order valence-electron chi connectivity index (χ0n) is 14.0. The normalized spacial score (nSPS) is 13.2. The van der Waals surface area contributed by atoms with Crippen molar-refractivity contribution in [1.29, 1.82) is 0 Å². The molecule has 2 aromatic rings. The van der Waals surface area contributed by atoms with Gasteiger partial charge in [0.25, 0.3) is 0 Å². The lowest BCUT2D eigenvalue weighted by atomic mass is 9.86. The summed E-state index contributed by atoms with van der Waals surface area (Å²) in [5.41, 5.74) is 2.07. The smallest absolute Gasteiger partial charge is 0.191 e. The summed E-state index contributed by atoms with van der Waals surface area (Å²) in [6.07, 6.45) is 0. The number of thioether (sulfide) groups is 1. The molecule has 22 heavy (non-hydrogen) atoms. The van der Waals surface area contributed by atoms with E-state index in [4.69, 9.17) is 0 Å². The predicted octanol–water partition coefficient (Wildman–Crippen LogP) is 3.78. The number of ketones is 1. The van der Waals surface area contributed by atoms with Crippen LogP contribution in [0.25, 0.3) is 0 Å². The summed E-state index contributed by atoms with van der Waals surface area (Å²) in [4.78, 5) is 12.5. The molecule has 5 heteroatoms. The molecule has 0 bridgehead atoms. The van der Waals surface area contributed by atoms with Gasteiger partial charge in [-0.05, 0) is 24.8 Å². The Labute approximate surface area is 136 Å². The molecule has 0 aliphatic heterocycles. The standard InChI is InChI=1S/C17H23N3OS/c1-11(22-16-19-18-12(2)20(16)6)15(21)13-7-9-14(10-8-13)17(3,4)5/h7-11H,1-6H3/t11-/m0/s1. The van der Waals surface area contributed by atoms with Crippen molar-refractivity contribution in [2.24, 2.45) is 7.05 Å². The maximum Gasteiger partial charge on any atom is 0.191 e. The van der Waals surface area contributed by atoms with Gasteiger partial charge in [-0.25, -0.2) is 0 Å². The lowest BCUT2D eigenvalue weighted by Gasteiger charge is -2.19. The monoisotopic (exact) mass is 317 g/mol. The molecule has 2 rings (SSSR count). The van der Waals surface area contributed by atoms with Gasteiger partial charge in [-0.2, -0.15) is 0 Å². The summed E-state index contributed by atoms with van der Waals surface area (Å²) in [6.45, 7) is 10.3. The van der Waals surface area contributed by atoms with Gasteiger partial charge in [-0.1, -0.05) is 56.8 Å². The maximum absolute atomic E-state index is 12.5. The van der Waals surface area contributed by atoms with E-state index in [0.717, 1.165) is 16.5 Å². The second-order valence-electron chi connectivity index (χ2n) is 6.54. The van der Waals surface area contributed by atoms with Crippen LogP contribution < -0.4 is 0 Å². The van der Waals surface area contributed by atoms with Gasteiger partial charge in [-0.3, -0.25) is 4.79 Å². The van der Waals surface area contributed by atoms with Crippen molar-refractivity contribution in [3.8, 4) is 0 Å². The minimum atomic E-state index is -0.192. The molecular formula is C17H23N3OS. The van der Waals surface area contributed by atoms with Crippen LogP contribution >= 0.6 is 11.8 Å². The first-order valence-corrected chi connectivity index (χ1v) is 8.25. The summed E-state index contributed by atoms with van der Waals surface area (Å²) in [5.74, 6) is 0.961. The van der Waals surface area contributed by atoms with E-state index in [1.54, 1.807) is 0 Å². The van der Waals surface area contributed by atoms with E-state index in [-0.39, 0.29) is 16.4 Å². The average Bonchev–Trinajstić information content (AvgIpc) is 2.77. The van der Waals surface area contributed by atoms with Gasteiger partial charge in [0.1, 0.15) is 5.82 Å². The van der Waals surface area contributed by atoms with E-state index in [1.165, 1.54) is 17.3 Å². The van der Waals surface area contributed by atoms with Crippen molar-refractivity contribution in [3.63, 3.8) is 0 Å². The minimum absolute atomic E-state index is 0.0953. The molecule has 0 fully saturated rings. The molecule has 1 aromatic carbocycles. The van der Waals surface area contributed by atoms with E-state index in [1.807, 2.05) is 49.7 Å². The number of nitrogens with zero attached hydrogens (tertiary/aromatic N) is 3. The molecular weight excluding hydrogens is 294 g/mol. The lowest BCUT2D eigenvalue weighted by molar-refractivity contribution is 0.0994. The number of aromatic nitrogens is 3. The lowest BCUT2D eigenvalue weighted by Crippen LogP contribution is -2.16. The van der Waals surface area contributed by atoms with E-state index >= 15 is 0 Å². The molecule has 118 valence electrons. The van der Waals surface area contributed by atoms with Crippen LogP contribution in [0.1, 0.15) is 49.4 Å². The quantitative estimate of drug-likeness (QED) is 0.636. The third kappa shape index (κ3) is 3.58. The van der Waals surface area contributed by atoms with Crippen LogP contribution in [0.5, 0.6) is 0 Å². The topological polar surface area (TPSA) is 47.8 Å². The minimum Gasteiger partial charge on any atom is -0.309 e. The molecule has 0 saturated heterocycles. The van der Waals surface area contributed by atoms with Crippen molar-refractivity contribution in [1.82, 2.24) is 14.8 Å². The Kier molecular flexibility index (Phi) is 4.75. The molecule has 0 aliphatic rings. The number of carbonyl (C=O) groups excluding carboxylic acids is 1. The van der Waals surface area contributed by atoms with Gasteiger partial charge in [0, 0.05) is 12.6 Å². The number of carbonyl (C=O) groups is 1. The zero-order chi connectivity index (χ0) is 16.5. The Morgan fingerprint density at radius 2 is 1.77 bits per heavy atom. The average molecular weight is 317 g/mol. The maximum atomic E-state index is 12.5. The van der Waals surface area contributed by atoms with E-state index < -0.39 is 0 Å². The molecule has 0 radical (unpaired) electrons. The summed E-state index contributed by atoms with van der Waals surface area (Å²) in [7, 11) is 1.91. The molecule has 4 nitrogen and oxygen atoms in total. The van der Waals surface area contributed by atoms with Gasteiger partial charge in [0.05, 0.1) is 5.25 Å². The van der Waals surface area contributed by atoms with Crippen molar-refractivity contribution in [2.75, 3.05) is 0 Å². The highest BCUT2D eigenvalue weighted by Crippen LogP contribution is 2.26. The first-order chi connectivity index (χ1) is 10.2. The fraction of sp³-hybridized carbons (Fsp3) is 0.471. The Morgan fingerprint density at radius 3 is 2.23 bits per heavy atom. The molecule has 1 atom stereocenters. The van der Waals surface area contributed by atoms with Gasteiger partial charge in [0.2, 0.25) is 0 Å². The molecule has 0 spiro atoms. The number of benzene rings is 1. The summed E-state index contributed by atoms with van der Waals surface area (Å²) in [6, 6.07) is 7.91. The molecule has 1 heterocycles. The van der Waals surface area contributed by atoms with Gasteiger partial charge in [0.15, 0.2) is 10.9 Å². The first kappa shape index (κ1) is 16.7. The highest BCUT2D eigenvalue weighted by atomic mass is 32.2. The largest absolute Gasteiger partial charge is 0.309 e. The van der Waals surface area contributed by atoms with Crippen LogP contribution in [0.3, 0.4) is 0 Å². The first-order valence-electron chi connectivity index (χ1n) is 7.37. The zero-order valence-corrected chi connectivity index (χ0v) is 14.9. The summed E-state index contributed by atoms with van der Waals surface area (Å²) in [5, 5.41) is 8.70. The van der Waals surface area contributed by atoms with E-state index in [0.29, 0.717) is 0 Å². The van der Waals surface area contributed by atoms with Gasteiger partial charge in [-0.15, -0.1) is 10.2 Å². The third-order valence-electron chi connectivity index (χ3n) is 3.74. The fourth-order valence-corrected chi connectivity index (χ4v) is 3.01. The molecule has 1 aromatic heterocycles. The van der Waals surface area contributed by atoms with E-state index in [2.05, 4.69) is 31.0 Å². The number of hydrogen-bond acceptors (Lipinski definition) is 4. The number of rotatable bonds is 4. The van der Waals surface area contributed by atoms with Crippen molar-refractivity contribution < 1.29 is 4.79 Å². The van der Waals surface area contributed by atoms with Crippen LogP contribution in [0.15, 0.2) is 29.4 Å². The highest BCUT2D eigenvalue weighted by molar-refractivity contribution is 8.00. The highest BCUT2D eigenvalue weighted by Gasteiger charge is 2.20. The number of Topliss-reactive ketones (excluding diaryl/α,β-unsaturated/α-hetero) is 1. The Hall–Kier alpha value is -1.62. The molecule has 0 unspecified atom stereocenters. The Bertz CT molecular complexity index is 668. The fourth-order valence-electron chi connectivity index (χ4n) is 2.07. The number of hydrogen-bond donors (Lipinski definition) is 0. The molecule has 0 saturated carbocycles. The number of aryl methyl sites for hydroxylation is 1. The molecule has 0 aliphatic carbocycles. The van der Waals surface area contributed by atoms with Crippen molar-refractivity contribution in [2.45, 2.75) is 50.4 Å². The van der Waals surface area contributed by atoms with E-state index in [9.17, 15) is 4.79 Å². The Balaban J connectivity index is 2.12. The second-order valence-corrected chi connectivity index (χ2v) is 7.85. The van der Waals surface area contributed by atoms with Crippen molar-refractivity contribution >= 4 is 17.5 Å². The predicted molar refractivity (Wildman–Crippen MR) is 90.5 cm³/mol. The van der Waals surface area contributed by atoms with Crippen LogP contribution in [0.2, 0.25) is 0 Å². The van der Waals surface area contributed by atoms with Crippen molar-refractivity contribution in [3.05, 3.63) is 41.2 Å². The molecule has 0 N–H and O–H groups in total. The summed E-state index contributed by atoms with van der Waals surface area (Å²) >= 11 is 1.44.